The SMILES string of the molecule is [Cl-].[N-]=C=O.[N-]=C=S.[Na+].[Na+].[Na+]. The molecule has 0 unspecified atom stereocenters. The number of rotatable bonds is 0. The predicted molar refractivity (Wildman–Crippen MR) is 25.0 cm³/mol. The Labute approximate surface area is 137 Å². The number of carbonyl (C=O) groups excluding carboxylic acids is 1. The third-order valence-electron chi connectivity index (χ3n) is 0. The van der Waals surface area contributed by atoms with E-state index in [0.29, 0.717) is 6.08 Å². The van der Waals surface area contributed by atoms with Crippen molar-refractivity contribution in [2.24, 2.45) is 0 Å². The molecule has 0 bridgehead atoms. The van der Waals surface area contributed by atoms with Gasteiger partial charge in [-0.2, -0.15) is 5.16 Å². The van der Waals surface area contributed by atoms with E-state index in [-0.39, 0.29) is 101 Å². The third kappa shape index (κ3) is 154. The molecule has 0 N–H and O–H groups in total. The average molecular weight is 205 g/mol. The van der Waals surface area contributed by atoms with Gasteiger partial charge in [0.2, 0.25) is 0 Å². The molecule has 0 fully saturated rings. The maximum atomic E-state index is 8.24. The summed E-state index contributed by atoms with van der Waals surface area (Å²) in [6.45, 7) is 0. The van der Waals surface area contributed by atoms with Crippen LogP contribution in [0.1, 0.15) is 0 Å². The zero-order valence-corrected chi connectivity index (χ0v) is 13.7. The average Bonchev–Trinajstić information content (AvgIpc) is 1.39. The van der Waals surface area contributed by atoms with Gasteiger partial charge in [-0.3, -0.25) is 4.79 Å². The fourth-order valence-corrected chi connectivity index (χ4v) is 0. The normalized spacial score (nSPS) is 1.60. The van der Waals surface area contributed by atoms with Crippen molar-refractivity contribution in [3.8, 4) is 0 Å². The smallest absolute Gasteiger partial charge is 1.00 e. The molecule has 0 aliphatic heterocycles. The maximum Gasteiger partial charge on any atom is 1.00 e. The molecule has 0 spiro atoms. The number of nitrogens with zero attached hydrogens (tertiary/aromatic N) is 2. The van der Waals surface area contributed by atoms with Gasteiger partial charge in [-0.1, -0.05) is 12.2 Å². The Morgan fingerprint density at radius 3 is 1.10 bits per heavy atom. The Morgan fingerprint density at radius 2 is 1.10 bits per heavy atom. The van der Waals surface area contributed by atoms with Crippen LogP contribution in [0.25, 0.3) is 10.8 Å². The summed E-state index contributed by atoms with van der Waals surface area (Å²) in [5.74, 6) is 0. The van der Waals surface area contributed by atoms with Gasteiger partial charge >= 0.3 is 88.7 Å². The Bertz CT molecular complexity index is 78.5. The fourth-order valence-electron chi connectivity index (χ4n) is 0. The summed E-state index contributed by atoms with van der Waals surface area (Å²) < 4.78 is 0. The second kappa shape index (κ2) is 62.9. The molecular weight excluding hydrogens is 205 g/mol. The van der Waals surface area contributed by atoms with Crippen molar-refractivity contribution in [2.75, 3.05) is 0 Å². The van der Waals surface area contributed by atoms with E-state index in [1.807, 2.05) is 0 Å². The quantitative estimate of drug-likeness (QED) is 0.170. The number of hydrogen-bond acceptors (Lipinski definition) is 2. The standard InChI is InChI=1S/CNO.CNS.ClH.3Na/c2*2-1-3;;;;/h;;1H;;;/q2*-1;;3*+1/p-1. The van der Waals surface area contributed by atoms with Gasteiger partial charge in [0.1, 0.15) is 0 Å². The summed E-state index contributed by atoms with van der Waals surface area (Å²) in [5, 5.41) is 15.2. The number of isocyanates is 1. The van der Waals surface area contributed by atoms with Gasteiger partial charge in [0, 0.05) is 0 Å². The first-order chi connectivity index (χ1) is 2.83. The van der Waals surface area contributed by atoms with Crippen molar-refractivity contribution in [2.45, 2.75) is 0 Å². The first kappa shape index (κ1) is 39.2. The summed E-state index contributed by atoms with van der Waals surface area (Å²) in [7, 11) is 0. The minimum atomic E-state index is 0. The van der Waals surface area contributed by atoms with Crippen LogP contribution in [0.3, 0.4) is 0 Å². The Morgan fingerprint density at radius 1 is 1.10 bits per heavy atom. The molecule has 0 saturated heterocycles. The van der Waals surface area contributed by atoms with E-state index in [1.54, 1.807) is 0 Å². The van der Waals surface area contributed by atoms with Crippen molar-refractivity contribution in [3.05, 3.63) is 10.8 Å². The minimum Gasteiger partial charge on any atom is -1.00 e. The zero-order valence-electron chi connectivity index (χ0n) is 6.09. The molecule has 0 aliphatic carbocycles. The van der Waals surface area contributed by atoms with E-state index in [9.17, 15) is 0 Å². The second-order valence-electron chi connectivity index (χ2n) is 0.183. The van der Waals surface area contributed by atoms with E-state index >= 15 is 0 Å². The molecule has 0 aliphatic rings. The van der Waals surface area contributed by atoms with E-state index in [4.69, 9.17) is 15.6 Å². The van der Waals surface area contributed by atoms with Gasteiger partial charge in [0.05, 0.1) is 0 Å². The van der Waals surface area contributed by atoms with E-state index in [1.165, 1.54) is 5.16 Å². The van der Waals surface area contributed by atoms with Crippen molar-refractivity contribution in [1.82, 2.24) is 0 Å². The van der Waals surface area contributed by atoms with Crippen LogP contribution in [0, 0.1) is 0 Å². The molecule has 0 amide bonds. The van der Waals surface area contributed by atoms with Gasteiger partial charge in [-0.05, 0) is 6.08 Å². The maximum absolute atomic E-state index is 8.24. The van der Waals surface area contributed by atoms with Gasteiger partial charge in [0.15, 0.2) is 0 Å². The fraction of sp³-hybridized carbons (Fsp3) is 0. The van der Waals surface area contributed by atoms with Crippen molar-refractivity contribution in [3.63, 3.8) is 0 Å². The first-order valence-electron chi connectivity index (χ1n) is 0.855. The molecule has 0 atom stereocenters. The predicted octanol–water partition coefficient (Wildman–Crippen LogP) is -11.4. The molecule has 0 heterocycles. The van der Waals surface area contributed by atoms with E-state index in [0.717, 1.165) is 0 Å². The van der Waals surface area contributed by atoms with Crippen molar-refractivity contribution < 1.29 is 106 Å². The molecule has 0 rings (SSSR count). The van der Waals surface area contributed by atoms with E-state index in [2.05, 4.69) is 12.2 Å². The van der Waals surface area contributed by atoms with E-state index < -0.39 is 0 Å². The monoisotopic (exact) mass is 204 g/mol. The van der Waals surface area contributed by atoms with Crippen LogP contribution in [-0.2, 0) is 4.79 Å². The van der Waals surface area contributed by atoms with Gasteiger partial charge in [-0.25, -0.2) is 0 Å². The molecule has 0 aromatic rings. The van der Waals surface area contributed by atoms with Crippen LogP contribution in [0.15, 0.2) is 0 Å². The molecule has 8 heteroatoms. The Balaban J connectivity index is -0.00000000571. The molecule has 0 radical (unpaired) electrons. The molecule has 0 saturated carbocycles. The summed E-state index contributed by atoms with van der Waals surface area (Å²) >= 11 is 3.70. The zero-order chi connectivity index (χ0) is 5.41. The van der Waals surface area contributed by atoms with Crippen LogP contribution in [0.5, 0.6) is 0 Å². The second-order valence-corrected chi connectivity index (χ2v) is 0.365. The van der Waals surface area contributed by atoms with Crippen LogP contribution in [-0.4, -0.2) is 11.2 Å². The van der Waals surface area contributed by atoms with Crippen LogP contribution in [0.2, 0.25) is 0 Å². The van der Waals surface area contributed by atoms with Gasteiger partial charge < -0.3 is 23.2 Å². The largest absolute Gasteiger partial charge is 1.00 e. The van der Waals surface area contributed by atoms with Crippen molar-refractivity contribution in [1.29, 1.82) is 0 Å². The summed E-state index contributed by atoms with van der Waals surface area (Å²) in [5.41, 5.74) is 0. The first-order valence-corrected chi connectivity index (χ1v) is 1.26. The van der Waals surface area contributed by atoms with Crippen LogP contribution < -0.4 is 101 Å². The number of isothiocyanates is 1. The third-order valence-corrected chi connectivity index (χ3v) is 0. The Kier molecular flexibility index (Phi) is 247. The van der Waals surface area contributed by atoms with Crippen LogP contribution in [0.4, 0.5) is 0 Å². The molecule has 10 heavy (non-hydrogen) atoms. The minimum absolute atomic E-state index is 0. The van der Waals surface area contributed by atoms with Crippen molar-refractivity contribution >= 4 is 23.5 Å². The number of halogens is 1. The van der Waals surface area contributed by atoms with Crippen LogP contribution >= 0.6 is 12.2 Å². The van der Waals surface area contributed by atoms with Gasteiger partial charge in [0.25, 0.3) is 0 Å². The summed E-state index contributed by atoms with van der Waals surface area (Å²) in [4.78, 5) is 8.24. The number of hydrogen-bond donors (Lipinski definition) is 0. The number of thiocarbonyl (C=S) groups is 1. The van der Waals surface area contributed by atoms with Gasteiger partial charge in [-0.15, -0.1) is 0 Å². The summed E-state index contributed by atoms with van der Waals surface area (Å²) in [6.07, 6.45) is 0.500. The molecule has 0 aromatic heterocycles. The Hall–Kier alpha value is 2.47. The molecule has 3 nitrogen and oxygen atoms in total. The molecule has 40 valence electrons. The topological polar surface area (TPSA) is 61.7 Å². The molecular formula is C2ClN2Na3OS. The summed E-state index contributed by atoms with van der Waals surface area (Å²) in [6, 6.07) is 0. The molecule has 0 aromatic carbocycles.